The van der Waals surface area contributed by atoms with E-state index in [9.17, 15) is 4.79 Å². The first kappa shape index (κ1) is 25.9. The predicted octanol–water partition coefficient (Wildman–Crippen LogP) is 3.81. The smallest absolute Gasteiger partial charge is 0.138 e. The first-order chi connectivity index (χ1) is 17.1. The molecule has 2 aliphatic heterocycles. The van der Waals surface area contributed by atoms with Gasteiger partial charge in [-0.05, 0) is 22.3 Å². The third-order valence-corrected chi connectivity index (χ3v) is 6.23. The zero-order valence-corrected chi connectivity index (χ0v) is 20.6. The molecule has 0 spiro atoms. The van der Waals surface area contributed by atoms with Gasteiger partial charge in [-0.1, -0.05) is 48.5 Å². The molecule has 7 nitrogen and oxygen atoms in total. The second-order valence-corrected chi connectivity index (χ2v) is 9.28. The molecule has 0 amide bonds. The summed E-state index contributed by atoms with van der Waals surface area (Å²) in [6.07, 6.45) is 0.589. The Morgan fingerprint density at radius 2 is 1.37 bits per heavy atom. The largest absolute Gasteiger partial charge is 0.380 e. The van der Waals surface area contributed by atoms with Gasteiger partial charge in [0.05, 0.1) is 58.0 Å². The number of hydrogen-bond acceptors (Lipinski definition) is 7. The van der Waals surface area contributed by atoms with Gasteiger partial charge in [0.2, 0.25) is 0 Å². The van der Waals surface area contributed by atoms with Crippen LogP contribution >= 0.6 is 0 Å². The van der Waals surface area contributed by atoms with Crippen LogP contribution in [0.15, 0.2) is 48.5 Å². The zero-order chi connectivity index (χ0) is 24.5. The maximum atomic E-state index is 12.8. The fourth-order valence-corrected chi connectivity index (χ4v) is 4.71. The molecule has 7 heteroatoms. The fraction of sp³-hybridized carbons (Fsp3) is 0.536. The van der Waals surface area contributed by atoms with Crippen LogP contribution < -0.4 is 0 Å². The minimum atomic E-state index is -0.267. The van der Waals surface area contributed by atoms with E-state index in [4.69, 9.17) is 28.4 Å². The summed E-state index contributed by atoms with van der Waals surface area (Å²) in [6.45, 7) is 2.99. The molecule has 2 aromatic rings. The van der Waals surface area contributed by atoms with Gasteiger partial charge in [-0.25, -0.2) is 0 Å². The molecule has 2 heterocycles. The maximum Gasteiger partial charge on any atom is 0.138 e. The number of Topliss-reactive ketones (excluding diaryl/α,β-unsaturated/α-hetero) is 1. The van der Waals surface area contributed by atoms with Crippen molar-refractivity contribution in [2.45, 2.75) is 56.9 Å². The molecule has 2 aromatic carbocycles. The van der Waals surface area contributed by atoms with E-state index in [1.807, 2.05) is 30.3 Å². The van der Waals surface area contributed by atoms with E-state index in [0.717, 1.165) is 23.1 Å². The molecule has 4 rings (SSSR count). The number of ether oxygens (including phenoxy) is 6. The summed E-state index contributed by atoms with van der Waals surface area (Å²) >= 11 is 0. The summed E-state index contributed by atoms with van der Waals surface area (Å²) in [5.41, 5.74) is 4.43. The lowest BCUT2D eigenvalue weighted by atomic mass is 10.0. The predicted molar refractivity (Wildman–Crippen MR) is 130 cm³/mol. The van der Waals surface area contributed by atoms with Gasteiger partial charge in [0.25, 0.3) is 0 Å². The second kappa shape index (κ2) is 13.3. The Labute approximate surface area is 207 Å². The molecule has 35 heavy (non-hydrogen) atoms. The van der Waals surface area contributed by atoms with Crippen LogP contribution in [0.25, 0.3) is 0 Å². The van der Waals surface area contributed by atoms with Gasteiger partial charge >= 0.3 is 0 Å². The highest BCUT2D eigenvalue weighted by atomic mass is 16.6. The molecule has 2 aliphatic rings. The number of ketones is 1. The minimum absolute atomic E-state index is 0.0719. The van der Waals surface area contributed by atoms with Gasteiger partial charge in [0, 0.05) is 33.5 Å². The average Bonchev–Trinajstić information content (AvgIpc) is 2.85. The highest BCUT2D eigenvalue weighted by Gasteiger charge is 2.29. The van der Waals surface area contributed by atoms with Gasteiger partial charge in [-0.2, -0.15) is 0 Å². The number of carbonyl (C=O) groups is 1. The quantitative estimate of drug-likeness (QED) is 0.480. The Morgan fingerprint density at radius 1 is 0.771 bits per heavy atom. The molecule has 4 atom stereocenters. The van der Waals surface area contributed by atoms with Crippen molar-refractivity contribution in [1.29, 1.82) is 0 Å². The van der Waals surface area contributed by atoms with Crippen molar-refractivity contribution in [1.82, 2.24) is 0 Å². The lowest BCUT2D eigenvalue weighted by molar-refractivity contribution is -0.159. The molecule has 0 aliphatic carbocycles. The van der Waals surface area contributed by atoms with E-state index >= 15 is 0 Å². The van der Waals surface area contributed by atoms with E-state index in [2.05, 4.69) is 18.2 Å². The first-order valence-corrected chi connectivity index (χ1v) is 12.3. The summed E-state index contributed by atoms with van der Waals surface area (Å²) < 4.78 is 34.4. The molecule has 4 unspecified atom stereocenters. The molecule has 2 saturated heterocycles. The Morgan fingerprint density at radius 3 is 2.11 bits per heavy atom. The Balaban J connectivity index is 1.25. The van der Waals surface area contributed by atoms with Crippen LogP contribution in [0, 0.1) is 0 Å². The standard InChI is InChI=1S/C28H36O7/c1-30-14-21-6-3-5-20(9-21)11-25-16-32-17-26(34-25)12-24(29)13-27-18-33-19-28(35-27)23-8-4-7-22(10-23)15-31-2/h3-10,25-28H,11-19H2,1-2H3. The molecular weight excluding hydrogens is 448 g/mol. The van der Waals surface area contributed by atoms with Crippen molar-refractivity contribution < 1.29 is 33.2 Å². The fourth-order valence-electron chi connectivity index (χ4n) is 4.71. The SMILES string of the molecule is COCc1cccc(CC2COCC(CC(=O)CC3COCC(c4cccc(COC)c4)O3)O2)c1. The topological polar surface area (TPSA) is 72.5 Å². The summed E-state index contributed by atoms with van der Waals surface area (Å²) in [5, 5.41) is 0. The molecule has 0 radical (unpaired) electrons. The Hall–Kier alpha value is -2.13. The van der Waals surface area contributed by atoms with Crippen LogP contribution in [0.3, 0.4) is 0 Å². The lowest BCUT2D eigenvalue weighted by Crippen LogP contribution is -2.39. The van der Waals surface area contributed by atoms with Crippen molar-refractivity contribution in [3.8, 4) is 0 Å². The Bertz CT molecular complexity index is 946. The minimum Gasteiger partial charge on any atom is -0.380 e. The average molecular weight is 485 g/mol. The van der Waals surface area contributed by atoms with Gasteiger partial charge in [-0.15, -0.1) is 0 Å². The lowest BCUT2D eigenvalue weighted by Gasteiger charge is -2.32. The van der Waals surface area contributed by atoms with Crippen molar-refractivity contribution in [2.75, 3.05) is 40.6 Å². The highest BCUT2D eigenvalue weighted by molar-refractivity contribution is 5.79. The van der Waals surface area contributed by atoms with Crippen LogP contribution in [0.4, 0.5) is 0 Å². The number of benzene rings is 2. The van der Waals surface area contributed by atoms with Crippen LogP contribution in [0.1, 0.15) is 41.2 Å². The number of hydrogen-bond donors (Lipinski definition) is 0. The molecule has 0 saturated carbocycles. The number of methoxy groups -OCH3 is 2. The summed E-state index contributed by atoms with van der Waals surface area (Å²) in [6, 6.07) is 16.4. The van der Waals surface area contributed by atoms with E-state index in [1.165, 1.54) is 5.56 Å². The van der Waals surface area contributed by atoms with Gasteiger partial charge in [0.1, 0.15) is 11.9 Å². The van der Waals surface area contributed by atoms with E-state index < -0.39 is 0 Å². The summed E-state index contributed by atoms with van der Waals surface area (Å²) in [7, 11) is 3.37. The molecule has 0 aromatic heterocycles. The van der Waals surface area contributed by atoms with Crippen molar-refractivity contribution >= 4 is 5.78 Å². The van der Waals surface area contributed by atoms with E-state index in [-0.39, 0.29) is 30.2 Å². The van der Waals surface area contributed by atoms with Crippen LogP contribution in [-0.2, 0) is 52.9 Å². The monoisotopic (exact) mass is 484 g/mol. The molecule has 190 valence electrons. The molecular formula is C28H36O7. The normalized spacial score (nSPS) is 24.9. The Kier molecular flexibility index (Phi) is 9.83. The third kappa shape index (κ3) is 7.93. The summed E-state index contributed by atoms with van der Waals surface area (Å²) in [5.74, 6) is 0.101. The molecule has 0 bridgehead atoms. The van der Waals surface area contributed by atoms with Crippen molar-refractivity contribution in [2.24, 2.45) is 0 Å². The summed E-state index contributed by atoms with van der Waals surface area (Å²) in [4.78, 5) is 12.8. The van der Waals surface area contributed by atoms with Crippen LogP contribution in [-0.4, -0.2) is 64.7 Å². The molecule has 2 fully saturated rings. The van der Waals surface area contributed by atoms with Crippen molar-refractivity contribution in [3.05, 3.63) is 70.8 Å². The zero-order valence-electron chi connectivity index (χ0n) is 20.6. The van der Waals surface area contributed by atoms with Crippen LogP contribution in [0.5, 0.6) is 0 Å². The van der Waals surface area contributed by atoms with Gasteiger partial charge in [-0.3, -0.25) is 4.79 Å². The third-order valence-electron chi connectivity index (χ3n) is 6.23. The maximum absolute atomic E-state index is 12.8. The number of carbonyl (C=O) groups excluding carboxylic acids is 1. The van der Waals surface area contributed by atoms with E-state index in [1.54, 1.807) is 14.2 Å². The van der Waals surface area contributed by atoms with E-state index in [0.29, 0.717) is 52.5 Å². The number of rotatable bonds is 11. The van der Waals surface area contributed by atoms with Gasteiger partial charge in [0.15, 0.2) is 0 Å². The highest BCUT2D eigenvalue weighted by Crippen LogP contribution is 2.27. The van der Waals surface area contributed by atoms with Crippen molar-refractivity contribution in [3.63, 3.8) is 0 Å². The van der Waals surface area contributed by atoms with Crippen LogP contribution in [0.2, 0.25) is 0 Å². The second-order valence-electron chi connectivity index (χ2n) is 9.28. The molecule has 0 N–H and O–H groups in total. The van der Waals surface area contributed by atoms with Gasteiger partial charge < -0.3 is 28.4 Å². The first-order valence-electron chi connectivity index (χ1n) is 12.3.